The fraction of sp³-hybridized carbons (Fsp3) is 0.438. The molecule has 3 heteroatoms. The first-order chi connectivity index (χ1) is 9.28. The molecule has 1 saturated carbocycles. The van der Waals surface area contributed by atoms with E-state index < -0.39 is 0 Å². The van der Waals surface area contributed by atoms with Gasteiger partial charge in [-0.3, -0.25) is 4.68 Å². The molecule has 0 saturated heterocycles. The van der Waals surface area contributed by atoms with E-state index in [-0.39, 0.29) is 0 Å². The Morgan fingerprint density at radius 3 is 2.84 bits per heavy atom. The first-order valence-electron chi connectivity index (χ1n) is 7.09. The van der Waals surface area contributed by atoms with Gasteiger partial charge in [-0.25, -0.2) is 0 Å². The zero-order valence-electron chi connectivity index (χ0n) is 11.6. The molecule has 1 aliphatic carbocycles. The van der Waals surface area contributed by atoms with Crippen LogP contribution in [0.5, 0.6) is 0 Å². The molecule has 0 aliphatic heterocycles. The highest BCUT2D eigenvalue weighted by Gasteiger charge is 2.37. The van der Waals surface area contributed by atoms with E-state index in [9.17, 15) is 0 Å². The van der Waals surface area contributed by atoms with E-state index in [0.717, 1.165) is 18.8 Å². The van der Waals surface area contributed by atoms with E-state index in [0.29, 0.717) is 12.0 Å². The lowest BCUT2D eigenvalue weighted by molar-refractivity contribution is 0.574. The van der Waals surface area contributed by atoms with Crippen molar-refractivity contribution in [1.82, 2.24) is 15.1 Å². The fourth-order valence-electron chi connectivity index (χ4n) is 2.74. The van der Waals surface area contributed by atoms with E-state index in [1.54, 1.807) is 0 Å². The molecule has 1 aromatic carbocycles. The number of hydrogen-bond donors (Lipinski definition) is 1. The van der Waals surface area contributed by atoms with Crippen molar-refractivity contribution in [3.8, 4) is 0 Å². The summed E-state index contributed by atoms with van der Waals surface area (Å²) in [4.78, 5) is 0. The van der Waals surface area contributed by atoms with Gasteiger partial charge in [-0.15, -0.1) is 0 Å². The van der Waals surface area contributed by atoms with Crippen LogP contribution in [0.3, 0.4) is 0 Å². The molecule has 1 aliphatic rings. The van der Waals surface area contributed by atoms with Gasteiger partial charge in [-0.2, -0.15) is 5.10 Å². The minimum Gasteiger partial charge on any atom is -0.308 e. The van der Waals surface area contributed by atoms with Crippen LogP contribution in [0.4, 0.5) is 0 Å². The zero-order valence-corrected chi connectivity index (χ0v) is 11.6. The van der Waals surface area contributed by atoms with Gasteiger partial charge in [0.15, 0.2) is 0 Å². The highest BCUT2D eigenvalue weighted by atomic mass is 15.3. The third-order valence-corrected chi connectivity index (χ3v) is 3.85. The van der Waals surface area contributed by atoms with Crippen molar-refractivity contribution in [2.75, 3.05) is 0 Å². The van der Waals surface area contributed by atoms with Crippen molar-refractivity contribution >= 4 is 0 Å². The summed E-state index contributed by atoms with van der Waals surface area (Å²) in [6.45, 7) is 6.06. The zero-order chi connectivity index (χ0) is 13.2. The van der Waals surface area contributed by atoms with Gasteiger partial charge in [-0.1, -0.05) is 30.3 Å². The van der Waals surface area contributed by atoms with Crippen LogP contribution in [-0.2, 0) is 13.1 Å². The summed E-state index contributed by atoms with van der Waals surface area (Å²) in [5, 5.41) is 8.13. The number of nitrogens with one attached hydrogen (secondary N) is 1. The smallest absolute Gasteiger partial charge is 0.0597 e. The molecule has 19 heavy (non-hydrogen) atoms. The number of aryl methyl sites for hydroxylation is 2. The molecular weight excluding hydrogens is 234 g/mol. The molecule has 2 aromatic rings. The van der Waals surface area contributed by atoms with E-state index in [1.165, 1.54) is 17.7 Å². The maximum Gasteiger partial charge on any atom is 0.0597 e. The van der Waals surface area contributed by atoms with Gasteiger partial charge in [0, 0.05) is 25.0 Å². The van der Waals surface area contributed by atoms with Crippen molar-refractivity contribution in [2.24, 2.45) is 0 Å². The lowest BCUT2D eigenvalue weighted by Crippen LogP contribution is -2.19. The van der Waals surface area contributed by atoms with Crippen molar-refractivity contribution in [3.63, 3.8) is 0 Å². The average molecular weight is 255 g/mol. The van der Waals surface area contributed by atoms with Crippen LogP contribution in [0.2, 0.25) is 0 Å². The Balaban J connectivity index is 1.57. The van der Waals surface area contributed by atoms with Crippen LogP contribution >= 0.6 is 0 Å². The molecule has 0 amide bonds. The van der Waals surface area contributed by atoms with Gasteiger partial charge in [0.25, 0.3) is 0 Å². The molecule has 0 radical (unpaired) electrons. The highest BCUT2D eigenvalue weighted by molar-refractivity contribution is 5.27. The summed E-state index contributed by atoms with van der Waals surface area (Å²) in [5.74, 6) is 0.695. The maximum absolute atomic E-state index is 4.48. The topological polar surface area (TPSA) is 29.9 Å². The third kappa shape index (κ3) is 2.71. The summed E-state index contributed by atoms with van der Waals surface area (Å²) >= 11 is 0. The Hall–Kier alpha value is -1.61. The number of benzene rings is 1. The lowest BCUT2D eigenvalue weighted by atomic mass is 10.1. The molecule has 0 spiro atoms. The Morgan fingerprint density at radius 1 is 1.32 bits per heavy atom. The van der Waals surface area contributed by atoms with Crippen LogP contribution in [0, 0.1) is 6.92 Å². The second kappa shape index (κ2) is 5.17. The van der Waals surface area contributed by atoms with Gasteiger partial charge in [0.1, 0.15) is 0 Å². The molecule has 1 aromatic heterocycles. The van der Waals surface area contributed by atoms with Gasteiger partial charge in [-0.05, 0) is 31.9 Å². The van der Waals surface area contributed by atoms with E-state index in [2.05, 4.69) is 65.3 Å². The van der Waals surface area contributed by atoms with Crippen LogP contribution in [-0.4, -0.2) is 15.8 Å². The molecule has 1 fully saturated rings. The molecule has 2 unspecified atom stereocenters. The van der Waals surface area contributed by atoms with Crippen molar-refractivity contribution in [1.29, 1.82) is 0 Å². The van der Waals surface area contributed by atoms with E-state index >= 15 is 0 Å². The quantitative estimate of drug-likeness (QED) is 0.890. The van der Waals surface area contributed by atoms with Gasteiger partial charge < -0.3 is 5.32 Å². The minimum atomic E-state index is 0.628. The molecule has 1 N–H and O–H groups in total. The molecule has 2 atom stereocenters. The Bertz CT molecular complexity index is 544. The van der Waals surface area contributed by atoms with Gasteiger partial charge >= 0.3 is 0 Å². The van der Waals surface area contributed by atoms with E-state index in [1.807, 2.05) is 0 Å². The molecule has 100 valence electrons. The van der Waals surface area contributed by atoms with Crippen molar-refractivity contribution in [3.05, 3.63) is 53.3 Å². The largest absolute Gasteiger partial charge is 0.308 e. The third-order valence-electron chi connectivity index (χ3n) is 3.85. The normalized spacial score (nSPS) is 21.6. The molecule has 1 heterocycles. The minimum absolute atomic E-state index is 0.628. The van der Waals surface area contributed by atoms with E-state index in [4.69, 9.17) is 0 Å². The van der Waals surface area contributed by atoms with Crippen LogP contribution in [0.25, 0.3) is 0 Å². The standard InChI is InChI=1S/C16H21N3/c1-3-19-14(9-12(2)18-19)11-17-16-10-15(16)13-7-5-4-6-8-13/h4-9,15-17H,3,10-11H2,1-2H3. The summed E-state index contributed by atoms with van der Waals surface area (Å²) in [5.41, 5.74) is 3.85. The van der Waals surface area contributed by atoms with Gasteiger partial charge in [0.05, 0.1) is 11.4 Å². The molecule has 3 rings (SSSR count). The first-order valence-corrected chi connectivity index (χ1v) is 7.09. The number of nitrogens with zero attached hydrogens (tertiary/aromatic N) is 2. The van der Waals surface area contributed by atoms with Crippen LogP contribution in [0.15, 0.2) is 36.4 Å². The highest BCUT2D eigenvalue weighted by Crippen LogP contribution is 2.40. The Labute approximate surface area is 114 Å². The van der Waals surface area contributed by atoms with Crippen LogP contribution < -0.4 is 5.32 Å². The number of rotatable bonds is 5. The molecular formula is C16H21N3. The monoisotopic (exact) mass is 255 g/mol. The lowest BCUT2D eigenvalue weighted by Gasteiger charge is -2.06. The Morgan fingerprint density at radius 2 is 2.11 bits per heavy atom. The molecule has 0 bridgehead atoms. The second-order valence-corrected chi connectivity index (χ2v) is 5.33. The average Bonchev–Trinajstić information content (AvgIpc) is 3.13. The number of aromatic nitrogens is 2. The predicted molar refractivity (Wildman–Crippen MR) is 77.1 cm³/mol. The molecule has 3 nitrogen and oxygen atoms in total. The predicted octanol–water partition coefficient (Wildman–Crippen LogP) is 2.86. The van der Waals surface area contributed by atoms with Crippen molar-refractivity contribution < 1.29 is 0 Å². The summed E-state index contributed by atoms with van der Waals surface area (Å²) < 4.78 is 2.09. The second-order valence-electron chi connectivity index (χ2n) is 5.33. The Kier molecular flexibility index (Phi) is 3.38. The van der Waals surface area contributed by atoms with Crippen molar-refractivity contribution in [2.45, 2.75) is 45.3 Å². The first kappa shape index (κ1) is 12.4. The summed E-state index contributed by atoms with van der Waals surface area (Å²) in [6, 6.07) is 13.6. The fourth-order valence-corrected chi connectivity index (χ4v) is 2.74. The van der Waals surface area contributed by atoms with Gasteiger partial charge in [0.2, 0.25) is 0 Å². The van der Waals surface area contributed by atoms with Crippen LogP contribution in [0.1, 0.15) is 36.2 Å². The summed E-state index contributed by atoms with van der Waals surface area (Å²) in [6.07, 6.45) is 1.25. The maximum atomic E-state index is 4.48. The SMILES string of the molecule is CCn1nc(C)cc1CNC1CC1c1ccccc1. The number of hydrogen-bond acceptors (Lipinski definition) is 2. The summed E-state index contributed by atoms with van der Waals surface area (Å²) in [7, 11) is 0.